The molecule has 1 aromatic carbocycles. The van der Waals surface area contributed by atoms with E-state index in [0.717, 1.165) is 16.8 Å². The number of likely N-dealkylation sites (tertiary alicyclic amines) is 1. The van der Waals surface area contributed by atoms with Crippen molar-refractivity contribution in [1.82, 2.24) is 14.5 Å². The second-order valence-electron chi connectivity index (χ2n) is 5.00. The highest BCUT2D eigenvalue weighted by Crippen LogP contribution is 2.14. The molecule has 0 aliphatic carbocycles. The zero-order chi connectivity index (χ0) is 12.4. The molecule has 2 heterocycles. The molecule has 0 amide bonds. The van der Waals surface area contributed by atoms with Crippen molar-refractivity contribution >= 4 is 23.3 Å². The van der Waals surface area contributed by atoms with Gasteiger partial charge in [-0.15, -0.1) is 0 Å². The third kappa shape index (κ3) is 2.35. The van der Waals surface area contributed by atoms with Crippen LogP contribution in [0.3, 0.4) is 0 Å². The van der Waals surface area contributed by atoms with Gasteiger partial charge in [0.15, 0.2) is 4.77 Å². The van der Waals surface area contributed by atoms with Crippen molar-refractivity contribution in [3.63, 3.8) is 0 Å². The number of benzene rings is 1. The minimum atomic E-state index is 0.845. The number of para-hydroxylation sites is 2. The van der Waals surface area contributed by atoms with E-state index >= 15 is 0 Å². The zero-order valence-electron chi connectivity index (χ0n) is 10.6. The molecule has 3 nitrogen and oxygen atoms in total. The zero-order valence-corrected chi connectivity index (χ0v) is 11.4. The monoisotopic (exact) mass is 261 g/mol. The second-order valence-corrected chi connectivity index (χ2v) is 5.39. The van der Waals surface area contributed by atoms with Crippen LogP contribution in [0.2, 0.25) is 0 Å². The number of fused-ring (bicyclic) bond motifs is 1. The van der Waals surface area contributed by atoms with Gasteiger partial charge in [-0.05, 0) is 63.2 Å². The summed E-state index contributed by atoms with van der Waals surface area (Å²) in [6.45, 7) is 4.76. The fraction of sp³-hybridized carbons (Fsp3) is 0.500. The maximum atomic E-state index is 5.39. The van der Waals surface area contributed by atoms with E-state index in [1.165, 1.54) is 44.4 Å². The summed E-state index contributed by atoms with van der Waals surface area (Å²) >= 11 is 5.39. The lowest BCUT2D eigenvalue weighted by molar-refractivity contribution is 0.326. The molecule has 0 radical (unpaired) electrons. The molecule has 0 unspecified atom stereocenters. The Morgan fingerprint density at radius 3 is 2.72 bits per heavy atom. The number of nitrogens with zero attached hydrogens (tertiary/aromatic N) is 2. The molecule has 96 valence electrons. The fourth-order valence-electron chi connectivity index (χ4n) is 2.79. The van der Waals surface area contributed by atoms with Crippen LogP contribution in [0.5, 0.6) is 0 Å². The molecule has 2 aromatic rings. The third-order valence-corrected chi connectivity index (χ3v) is 4.06. The van der Waals surface area contributed by atoms with Crippen LogP contribution in [-0.4, -0.2) is 34.1 Å². The minimum Gasteiger partial charge on any atom is -0.331 e. The number of aromatic nitrogens is 2. The number of hydrogen-bond donors (Lipinski definition) is 1. The van der Waals surface area contributed by atoms with Crippen molar-refractivity contribution in [2.45, 2.75) is 25.8 Å². The molecule has 0 atom stereocenters. The van der Waals surface area contributed by atoms with Crippen molar-refractivity contribution in [1.29, 1.82) is 0 Å². The first-order chi connectivity index (χ1) is 8.84. The van der Waals surface area contributed by atoms with Gasteiger partial charge in [0.25, 0.3) is 0 Å². The molecule has 3 rings (SSSR count). The first-order valence-electron chi connectivity index (χ1n) is 6.74. The summed E-state index contributed by atoms with van der Waals surface area (Å²) in [7, 11) is 0. The summed E-state index contributed by atoms with van der Waals surface area (Å²) in [6, 6.07) is 8.34. The summed E-state index contributed by atoms with van der Waals surface area (Å²) in [4.78, 5) is 5.82. The highest BCUT2D eigenvalue weighted by Gasteiger charge is 2.11. The van der Waals surface area contributed by atoms with E-state index in [-0.39, 0.29) is 0 Å². The van der Waals surface area contributed by atoms with Gasteiger partial charge in [0, 0.05) is 6.54 Å². The fourth-order valence-corrected chi connectivity index (χ4v) is 3.09. The Labute approximate surface area is 112 Å². The van der Waals surface area contributed by atoms with Gasteiger partial charge in [-0.2, -0.15) is 0 Å². The number of imidazole rings is 1. The summed E-state index contributed by atoms with van der Waals surface area (Å²) < 4.78 is 3.07. The molecule has 18 heavy (non-hydrogen) atoms. The highest BCUT2D eigenvalue weighted by molar-refractivity contribution is 7.71. The van der Waals surface area contributed by atoms with Crippen LogP contribution in [0, 0.1) is 4.77 Å². The summed E-state index contributed by atoms with van der Waals surface area (Å²) in [5.41, 5.74) is 2.37. The molecule has 4 heteroatoms. The van der Waals surface area contributed by atoms with Crippen molar-refractivity contribution in [2.24, 2.45) is 0 Å². The van der Waals surface area contributed by atoms with E-state index in [0.29, 0.717) is 0 Å². The van der Waals surface area contributed by atoms with Crippen LogP contribution in [0.15, 0.2) is 24.3 Å². The second kappa shape index (κ2) is 5.24. The van der Waals surface area contributed by atoms with Gasteiger partial charge < -0.3 is 14.5 Å². The van der Waals surface area contributed by atoms with Gasteiger partial charge in [0.2, 0.25) is 0 Å². The summed E-state index contributed by atoms with van der Waals surface area (Å²) in [5, 5.41) is 0. The molecule has 1 N–H and O–H groups in total. The number of rotatable bonds is 4. The van der Waals surface area contributed by atoms with E-state index in [1.54, 1.807) is 0 Å². The Balaban J connectivity index is 1.70. The maximum Gasteiger partial charge on any atom is 0.178 e. The molecule has 1 saturated heterocycles. The molecule has 1 aliphatic heterocycles. The SMILES string of the molecule is S=c1[nH]c2ccccc2n1CCCN1CCCC1. The standard InChI is InChI=1S/C14H19N3S/c18-14-15-12-6-1-2-7-13(12)17(14)11-5-10-16-8-3-4-9-16/h1-2,6-7H,3-5,8-11H2,(H,15,18). The third-order valence-electron chi connectivity index (χ3n) is 3.74. The van der Waals surface area contributed by atoms with Crippen LogP contribution >= 0.6 is 12.2 Å². The normalized spacial score (nSPS) is 16.7. The predicted octanol–water partition coefficient (Wildman–Crippen LogP) is 3.18. The number of hydrogen-bond acceptors (Lipinski definition) is 2. The quantitative estimate of drug-likeness (QED) is 0.855. The van der Waals surface area contributed by atoms with Crippen LogP contribution in [0.25, 0.3) is 11.0 Å². The summed E-state index contributed by atoms with van der Waals surface area (Å²) in [5.74, 6) is 0. The lowest BCUT2D eigenvalue weighted by atomic mass is 10.3. The highest BCUT2D eigenvalue weighted by atomic mass is 32.1. The van der Waals surface area contributed by atoms with E-state index in [1.807, 2.05) is 6.07 Å². The first kappa shape index (κ1) is 11.9. The smallest absolute Gasteiger partial charge is 0.178 e. The largest absolute Gasteiger partial charge is 0.331 e. The van der Waals surface area contributed by atoms with Gasteiger partial charge in [0.1, 0.15) is 0 Å². The lowest BCUT2D eigenvalue weighted by Crippen LogP contribution is -2.21. The van der Waals surface area contributed by atoms with E-state index in [9.17, 15) is 0 Å². The van der Waals surface area contributed by atoms with Gasteiger partial charge >= 0.3 is 0 Å². The predicted molar refractivity (Wildman–Crippen MR) is 77.4 cm³/mol. The number of nitrogens with one attached hydrogen (secondary N) is 1. The number of aryl methyl sites for hydroxylation is 1. The number of H-pyrrole nitrogens is 1. The van der Waals surface area contributed by atoms with E-state index in [2.05, 4.69) is 32.7 Å². The van der Waals surface area contributed by atoms with E-state index < -0.39 is 0 Å². The molecular weight excluding hydrogens is 242 g/mol. The molecule has 0 saturated carbocycles. The van der Waals surface area contributed by atoms with Gasteiger partial charge in [0.05, 0.1) is 11.0 Å². The van der Waals surface area contributed by atoms with Gasteiger partial charge in [-0.25, -0.2) is 0 Å². The molecule has 1 aliphatic rings. The van der Waals surface area contributed by atoms with Crippen LogP contribution in [-0.2, 0) is 6.54 Å². The Hall–Kier alpha value is -1.13. The van der Waals surface area contributed by atoms with Crippen molar-refractivity contribution in [3.05, 3.63) is 29.0 Å². The summed E-state index contributed by atoms with van der Waals surface area (Å²) in [6.07, 6.45) is 3.91. The van der Waals surface area contributed by atoms with Crippen LogP contribution in [0.1, 0.15) is 19.3 Å². The minimum absolute atomic E-state index is 0.845. The average molecular weight is 261 g/mol. The Bertz CT molecular complexity index is 578. The van der Waals surface area contributed by atoms with Crippen LogP contribution in [0.4, 0.5) is 0 Å². The average Bonchev–Trinajstić information content (AvgIpc) is 2.98. The molecule has 1 aromatic heterocycles. The van der Waals surface area contributed by atoms with E-state index in [4.69, 9.17) is 12.2 Å². The first-order valence-corrected chi connectivity index (χ1v) is 7.15. The number of aromatic amines is 1. The van der Waals surface area contributed by atoms with Crippen molar-refractivity contribution < 1.29 is 0 Å². The maximum absolute atomic E-state index is 5.39. The molecular formula is C14H19N3S. The Morgan fingerprint density at radius 1 is 1.11 bits per heavy atom. The Kier molecular flexibility index (Phi) is 3.48. The van der Waals surface area contributed by atoms with Crippen LogP contribution < -0.4 is 0 Å². The topological polar surface area (TPSA) is 24.0 Å². The van der Waals surface area contributed by atoms with Gasteiger partial charge in [-0.3, -0.25) is 0 Å². The molecule has 0 spiro atoms. The van der Waals surface area contributed by atoms with Crippen molar-refractivity contribution in [2.75, 3.05) is 19.6 Å². The van der Waals surface area contributed by atoms with Gasteiger partial charge in [-0.1, -0.05) is 12.1 Å². The molecule has 1 fully saturated rings. The Morgan fingerprint density at radius 2 is 1.89 bits per heavy atom. The molecule has 0 bridgehead atoms. The lowest BCUT2D eigenvalue weighted by Gasteiger charge is -2.14. The van der Waals surface area contributed by atoms with Crippen molar-refractivity contribution in [3.8, 4) is 0 Å².